The van der Waals surface area contributed by atoms with Crippen LogP contribution in [-0.4, -0.2) is 27.9 Å². The molecule has 0 aromatic heterocycles. The Morgan fingerprint density at radius 1 is 1.31 bits per heavy atom. The summed E-state index contributed by atoms with van der Waals surface area (Å²) in [5.74, 6) is -2.20. The molecule has 0 aliphatic carbocycles. The van der Waals surface area contributed by atoms with E-state index in [0.29, 0.717) is 6.54 Å². The Balaban J connectivity index is 2.28. The number of hydrogen-bond donors (Lipinski definition) is 1. The highest BCUT2D eigenvalue weighted by Gasteiger charge is 2.29. The van der Waals surface area contributed by atoms with E-state index in [1.807, 2.05) is 31.2 Å². The number of nitrogens with zero attached hydrogens (tertiary/aromatic N) is 1. The highest BCUT2D eigenvalue weighted by molar-refractivity contribution is 6.31. The third-order valence-corrected chi connectivity index (χ3v) is 2.95. The first-order valence-electron chi connectivity index (χ1n) is 5.20. The van der Waals surface area contributed by atoms with Gasteiger partial charge in [0.05, 0.1) is 0 Å². The van der Waals surface area contributed by atoms with Gasteiger partial charge in [-0.1, -0.05) is 24.3 Å². The number of fused-ring (bicyclic) bond motifs is 1. The second-order valence-corrected chi connectivity index (χ2v) is 4.06. The fraction of sp³-hybridized carbons (Fsp3) is 0.333. The average molecular weight is 219 g/mol. The van der Waals surface area contributed by atoms with E-state index in [1.165, 1.54) is 10.5 Å². The van der Waals surface area contributed by atoms with Crippen LogP contribution in [0.2, 0.25) is 0 Å². The molecule has 0 saturated heterocycles. The molecule has 1 aromatic rings. The summed E-state index contributed by atoms with van der Waals surface area (Å²) in [5, 5.41) is 8.71. The van der Waals surface area contributed by atoms with Gasteiger partial charge in [0, 0.05) is 12.6 Å². The van der Waals surface area contributed by atoms with Gasteiger partial charge in [-0.05, 0) is 24.5 Å². The molecule has 1 aliphatic rings. The number of hydrogen-bond acceptors (Lipinski definition) is 2. The largest absolute Gasteiger partial charge is 0.474 e. The molecular weight excluding hydrogens is 206 g/mol. The van der Waals surface area contributed by atoms with Gasteiger partial charge in [-0.2, -0.15) is 0 Å². The molecule has 1 atom stereocenters. The lowest BCUT2D eigenvalue weighted by Crippen LogP contribution is -2.45. The molecule has 16 heavy (non-hydrogen) atoms. The standard InChI is InChI=1S/C12H13NO3/c1-8-6-9-4-2-3-5-10(9)7-13(8)11(14)12(15)16/h2-5,8H,6-7H2,1H3,(H,15,16)/t8-/m0/s1. The molecule has 0 spiro atoms. The molecule has 0 fully saturated rings. The van der Waals surface area contributed by atoms with Crippen LogP contribution in [0.3, 0.4) is 0 Å². The minimum atomic E-state index is -1.38. The van der Waals surface area contributed by atoms with Crippen LogP contribution in [0.15, 0.2) is 24.3 Å². The van der Waals surface area contributed by atoms with E-state index >= 15 is 0 Å². The molecule has 2 rings (SSSR count). The first-order valence-corrected chi connectivity index (χ1v) is 5.20. The minimum Gasteiger partial charge on any atom is -0.474 e. The zero-order valence-corrected chi connectivity index (χ0v) is 9.01. The summed E-state index contributed by atoms with van der Waals surface area (Å²) in [6.07, 6.45) is 0.717. The van der Waals surface area contributed by atoms with Crippen molar-refractivity contribution in [1.82, 2.24) is 4.90 Å². The third-order valence-electron chi connectivity index (χ3n) is 2.95. The lowest BCUT2D eigenvalue weighted by Gasteiger charge is -2.33. The lowest BCUT2D eigenvalue weighted by molar-refractivity contribution is -0.157. The fourth-order valence-corrected chi connectivity index (χ4v) is 2.07. The van der Waals surface area contributed by atoms with Crippen molar-refractivity contribution in [1.29, 1.82) is 0 Å². The minimum absolute atomic E-state index is 0.0569. The number of carboxylic acids is 1. The van der Waals surface area contributed by atoms with Gasteiger partial charge >= 0.3 is 11.9 Å². The van der Waals surface area contributed by atoms with Crippen molar-refractivity contribution in [2.75, 3.05) is 0 Å². The summed E-state index contributed by atoms with van der Waals surface area (Å²) in [4.78, 5) is 23.5. The topological polar surface area (TPSA) is 57.6 Å². The third kappa shape index (κ3) is 1.78. The summed E-state index contributed by atoms with van der Waals surface area (Å²) in [6, 6.07) is 7.76. The molecule has 84 valence electrons. The maximum absolute atomic E-state index is 11.4. The molecule has 1 heterocycles. The number of carbonyl (C=O) groups excluding carboxylic acids is 1. The Labute approximate surface area is 93.5 Å². The highest BCUT2D eigenvalue weighted by Crippen LogP contribution is 2.22. The van der Waals surface area contributed by atoms with E-state index in [-0.39, 0.29) is 6.04 Å². The van der Waals surface area contributed by atoms with Gasteiger partial charge in [-0.15, -0.1) is 0 Å². The maximum atomic E-state index is 11.4. The second-order valence-electron chi connectivity index (χ2n) is 4.06. The van der Waals surface area contributed by atoms with E-state index in [2.05, 4.69) is 0 Å². The summed E-state index contributed by atoms with van der Waals surface area (Å²) in [5.41, 5.74) is 2.24. The van der Waals surface area contributed by atoms with Gasteiger partial charge in [-0.25, -0.2) is 4.79 Å². The first kappa shape index (κ1) is 10.7. The Hall–Kier alpha value is -1.84. The number of carbonyl (C=O) groups is 2. The van der Waals surface area contributed by atoms with Crippen LogP contribution in [0.25, 0.3) is 0 Å². The van der Waals surface area contributed by atoms with Crippen molar-refractivity contribution in [3.63, 3.8) is 0 Å². The molecular formula is C12H13NO3. The van der Waals surface area contributed by atoms with Gasteiger partial charge in [-0.3, -0.25) is 4.79 Å². The summed E-state index contributed by atoms with van der Waals surface area (Å²) < 4.78 is 0. The average Bonchev–Trinajstić information content (AvgIpc) is 2.27. The number of aliphatic carboxylic acids is 1. The van der Waals surface area contributed by atoms with Gasteiger partial charge in [0.2, 0.25) is 0 Å². The Bertz CT molecular complexity index is 442. The molecule has 4 nitrogen and oxygen atoms in total. The van der Waals surface area contributed by atoms with E-state index in [9.17, 15) is 9.59 Å². The van der Waals surface area contributed by atoms with Crippen molar-refractivity contribution in [3.05, 3.63) is 35.4 Å². The normalized spacial score (nSPS) is 19.1. The zero-order chi connectivity index (χ0) is 11.7. The highest BCUT2D eigenvalue weighted by atomic mass is 16.4. The zero-order valence-electron chi connectivity index (χ0n) is 9.01. The molecule has 1 aliphatic heterocycles. The van der Waals surface area contributed by atoms with Crippen molar-refractivity contribution < 1.29 is 14.7 Å². The predicted octanol–water partition coefficient (Wildman–Crippen LogP) is 1.04. The first-order chi connectivity index (χ1) is 7.59. The molecule has 1 amide bonds. The van der Waals surface area contributed by atoms with Crippen molar-refractivity contribution in [2.45, 2.75) is 25.9 Å². The van der Waals surface area contributed by atoms with Gasteiger partial charge in [0.1, 0.15) is 0 Å². The molecule has 4 heteroatoms. The van der Waals surface area contributed by atoms with Gasteiger partial charge in [0.15, 0.2) is 0 Å². The Morgan fingerprint density at radius 2 is 1.94 bits per heavy atom. The number of carboxylic acid groups (broad SMARTS) is 1. The Kier molecular flexibility index (Phi) is 2.64. The van der Waals surface area contributed by atoms with Crippen LogP contribution in [0, 0.1) is 0 Å². The molecule has 0 radical (unpaired) electrons. The van der Waals surface area contributed by atoms with E-state index in [0.717, 1.165) is 12.0 Å². The number of amides is 1. The summed E-state index contributed by atoms with van der Waals surface area (Å²) in [7, 11) is 0. The molecule has 1 aromatic carbocycles. The van der Waals surface area contributed by atoms with Crippen molar-refractivity contribution >= 4 is 11.9 Å². The van der Waals surface area contributed by atoms with Crippen LogP contribution >= 0.6 is 0 Å². The van der Waals surface area contributed by atoms with Crippen LogP contribution in [0.5, 0.6) is 0 Å². The van der Waals surface area contributed by atoms with E-state index < -0.39 is 11.9 Å². The monoisotopic (exact) mass is 219 g/mol. The van der Waals surface area contributed by atoms with Crippen LogP contribution in [-0.2, 0) is 22.6 Å². The van der Waals surface area contributed by atoms with Crippen LogP contribution in [0.4, 0.5) is 0 Å². The summed E-state index contributed by atoms with van der Waals surface area (Å²) >= 11 is 0. The van der Waals surface area contributed by atoms with Crippen LogP contribution < -0.4 is 0 Å². The maximum Gasteiger partial charge on any atom is 0.394 e. The van der Waals surface area contributed by atoms with E-state index in [1.54, 1.807) is 0 Å². The Morgan fingerprint density at radius 3 is 2.56 bits per heavy atom. The molecule has 0 saturated carbocycles. The molecule has 1 N–H and O–H groups in total. The SMILES string of the molecule is C[C@H]1Cc2ccccc2CN1C(=O)C(=O)O. The fourth-order valence-electron chi connectivity index (χ4n) is 2.07. The predicted molar refractivity (Wildman–Crippen MR) is 57.8 cm³/mol. The summed E-state index contributed by atoms with van der Waals surface area (Å²) in [6.45, 7) is 2.26. The van der Waals surface area contributed by atoms with Crippen molar-refractivity contribution in [3.8, 4) is 0 Å². The lowest BCUT2D eigenvalue weighted by atomic mass is 9.95. The van der Waals surface area contributed by atoms with Crippen molar-refractivity contribution in [2.24, 2.45) is 0 Å². The van der Waals surface area contributed by atoms with Gasteiger partial charge < -0.3 is 10.0 Å². The quantitative estimate of drug-likeness (QED) is 0.663. The number of rotatable bonds is 0. The second kappa shape index (κ2) is 3.96. The van der Waals surface area contributed by atoms with Gasteiger partial charge in [0.25, 0.3) is 0 Å². The smallest absolute Gasteiger partial charge is 0.394 e. The van der Waals surface area contributed by atoms with Crippen LogP contribution in [0.1, 0.15) is 18.1 Å². The number of benzene rings is 1. The molecule has 0 unspecified atom stereocenters. The van der Waals surface area contributed by atoms with E-state index in [4.69, 9.17) is 5.11 Å². The molecule has 0 bridgehead atoms.